The maximum atomic E-state index is 9.90. The molecule has 0 aromatic carbocycles. The lowest BCUT2D eigenvalue weighted by Gasteiger charge is -2.31. The van der Waals surface area contributed by atoms with E-state index in [1.165, 1.54) is 19.3 Å². The van der Waals surface area contributed by atoms with Crippen LogP contribution in [-0.4, -0.2) is 22.4 Å². The molecule has 0 amide bonds. The van der Waals surface area contributed by atoms with E-state index in [0.717, 1.165) is 19.3 Å². The van der Waals surface area contributed by atoms with Crippen molar-refractivity contribution >= 4 is 0 Å². The minimum Gasteiger partial charge on any atom is -0.390 e. The zero-order valence-electron chi connectivity index (χ0n) is 9.45. The van der Waals surface area contributed by atoms with Crippen LogP contribution < -0.4 is 0 Å². The van der Waals surface area contributed by atoms with Gasteiger partial charge >= 0.3 is 0 Å². The SMILES string of the molecule is CCC(CC)C(O)C(O)CC1CCC1. The van der Waals surface area contributed by atoms with Gasteiger partial charge in [0.1, 0.15) is 0 Å². The first-order chi connectivity index (χ1) is 6.69. The summed E-state index contributed by atoms with van der Waals surface area (Å²) in [6.45, 7) is 4.15. The first kappa shape index (κ1) is 12.0. The quantitative estimate of drug-likeness (QED) is 0.691. The molecule has 1 rings (SSSR count). The molecule has 2 atom stereocenters. The molecule has 2 heteroatoms. The Morgan fingerprint density at radius 1 is 1.14 bits per heavy atom. The van der Waals surface area contributed by atoms with Crippen LogP contribution in [-0.2, 0) is 0 Å². The minimum absolute atomic E-state index is 0.269. The lowest BCUT2D eigenvalue weighted by Crippen LogP contribution is -2.35. The third-order valence-corrected chi connectivity index (χ3v) is 3.73. The van der Waals surface area contributed by atoms with E-state index in [1.807, 2.05) is 0 Å². The fourth-order valence-corrected chi connectivity index (χ4v) is 2.30. The summed E-state index contributed by atoms with van der Waals surface area (Å²) in [6, 6.07) is 0. The Bertz CT molecular complexity index is 150. The van der Waals surface area contributed by atoms with E-state index in [2.05, 4.69) is 13.8 Å². The van der Waals surface area contributed by atoms with E-state index in [4.69, 9.17) is 0 Å². The van der Waals surface area contributed by atoms with Gasteiger partial charge in [0.25, 0.3) is 0 Å². The first-order valence-corrected chi connectivity index (χ1v) is 6.05. The normalized spacial score (nSPS) is 22.1. The lowest BCUT2D eigenvalue weighted by atomic mass is 9.79. The van der Waals surface area contributed by atoms with Crippen LogP contribution in [0.1, 0.15) is 52.4 Å². The van der Waals surface area contributed by atoms with E-state index in [9.17, 15) is 10.2 Å². The average molecular weight is 200 g/mol. The Morgan fingerprint density at radius 2 is 1.71 bits per heavy atom. The van der Waals surface area contributed by atoms with Gasteiger partial charge in [0.2, 0.25) is 0 Å². The van der Waals surface area contributed by atoms with Crippen LogP contribution in [0.25, 0.3) is 0 Å². The Morgan fingerprint density at radius 3 is 2.07 bits per heavy atom. The maximum Gasteiger partial charge on any atom is 0.0827 e. The summed E-state index contributed by atoms with van der Waals surface area (Å²) in [4.78, 5) is 0. The summed E-state index contributed by atoms with van der Waals surface area (Å²) in [5.41, 5.74) is 0. The average Bonchev–Trinajstić information content (AvgIpc) is 2.12. The van der Waals surface area contributed by atoms with Crippen LogP contribution >= 0.6 is 0 Å². The lowest BCUT2D eigenvalue weighted by molar-refractivity contribution is -0.0360. The van der Waals surface area contributed by atoms with E-state index < -0.39 is 12.2 Å². The molecule has 1 aliphatic carbocycles. The van der Waals surface area contributed by atoms with Crippen molar-refractivity contribution in [2.75, 3.05) is 0 Å². The molecule has 2 unspecified atom stereocenters. The number of rotatable bonds is 6. The number of aliphatic hydroxyl groups is 2. The zero-order valence-corrected chi connectivity index (χ0v) is 9.45. The van der Waals surface area contributed by atoms with Crippen molar-refractivity contribution in [1.29, 1.82) is 0 Å². The van der Waals surface area contributed by atoms with Gasteiger partial charge in [0, 0.05) is 0 Å². The summed E-state index contributed by atoms with van der Waals surface area (Å²) < 4.78 is 0. The Labute approximate surface area is 87.3 Å². The molecule has 0 aliphatic heterocycles. The highest BCUT2D eigenvalue weighted by Gasteiger charge is 2.28. The maximum absolute atomic E-state index is 9.90. The monoisotopic (exact) mass is 200 g/mol. The summed E-state index contributed by atoms with van der Waals surface area (Å²) in [5, 5.41) is 19.7. The van der Waals surface area contributed by atoms with Crippen molar-refractivity contribution in [2.24, 2.45) is 11.8 Å². The van der Waals surface area contributed by atoms with Crippen molar-refractivity contribution in [3.8, 4) is 0 Å². The first-order valence-electron chi connectivity index (χ1n) is 6.05. The van der Waals surface area contributed by atoms with Gasteiger partial charge in [-0.25, -0.2) is 0 Å². The Hall–Kier alpha value is -0.0800. The highest BCUT2D eigenvalue weighted by Crippen LogP contribution is 2.32. The van der Waals surface area contributed by atoms with Gasteiger partial charge < -0.3 is 10.2 Å². The molecule has 0 aromatic heterocycles. The van der Waals surface area contributed by atoms with Crippen LogP contribution in [0.5, 0.6) is 0 Å². The topological polar surface area (TPSA) is 40.5 Å². The standard InChI is InChI=1S/C12H24O2/c1-3-10(4-2)12(14)11(13)8-9-6-5-7-9/h9-14H,3-8H2,1-2H3. The molecule has 0 aromatic rings. The third kappa shape index (κ3) is 2.96. The summed E-state index contributed by atoms with van der Waals surface area (Å²) in [6.07, 6.45) is 5.50. The smallest absolute Gasteiger partial charge is 0.0827 e. The Balaban J connectivity index is 2.29. The van der Waals surface area contributed by atoms with Gasteiger partial charge in [-0.3, -0.25) is 0 Å². The molecule has 0 saturated heterocycles. The van der Waals surface area contributed by atoms with E-state index in [-0.39, 0.29) is 5.92 Å². The van der Waals surface area contributed by atoms with Crippen molar-refractivity contribution in [2.45, 2.75) is 64.6 Å². The molecule has 1 saturated carbocycles. The number of hydrogen-bond acceptors (Lipinski definition) is 2. The van der Waals surface area contributed by atoms with Crippen molar-refractivity contribution in [3.05, 3.63) is 0 Å². The largest absolute Gasteiger partial charge is 0.390 e. The molecule has 0 spiro atoms. The molecular weight excluding hydrogens is 176 g/mol. The predicted octanol–water partition coefficient (Wildman–Crippen LogP) is 2.33. The minimum atomic E-state index is -0.509. The molecule has 1 aliphatic rings. The molecule has 0 radical (unpaired) electrons. The molecule has 0 bridgehead atoms. The second-order valence-corrected chi connectivity index (χ2v) is 4.67. The summed E-state index contributed by atoms with van der Waals surface area (Å²) in [5.74, 6) is 0.944. The van der Waals surface area contributed by atoms with Gasteiger partial charge in [0.15, 0.2) is 0 Å². The van der Waals surface area contributed by atoms with Gasteiger partial charge in [-0.05, 0) is 18.3 Å². The van der Waals surface area contributed by atoms with Crippen LogP contribution in [0, 0.1) is 11.8 Å². The molecule has 0 heterocycles. The van der Waals surface area contributed by atoms with Gasteiger partial charge in [-0.2, -0.15) is 0 Å². The van der Waals surface area contributed by atoms with E-state index >= 15 is 0 Å². The zero-order chi connectivity index (χ0) is 10.6. The number of hydrogen-bond donors (Lipinski definition) is 2. The van der Waals surface area contributed by atoms with Crippen LogP contribution in [0.3, 0.4) is 0 Å². The molecular formula is C12H24O2. The fourth-order valence-electron chi connectivity index (χ4n) is 2.30. The molecule has 1 fully saturated rings. The van der Waals surface area contributed by atoms with Crippen LogP contribution in [0.15, 0.2) is 0 Å². The van der Waals surface area contributed by atoms with Crippen LogP contribution in [0.4, 0.5) is 0 Å². The van der Waals surface area contributed by atoms with Crippen molar-refractivity contribution < 1.29 is 10.2 Å². The second-order valence-electron chi connectivity index (χ2n) is 4.67. The summed E-state index contributed by atoms with van der Waals surface area (Å²) in [7, 11) is 0. The van der Waals surface area contributed by atoms with Crippen molar-refractivity contribution in [3.63, 3.8) is 0 Å². The molecule has 2 N–H and O–H groups in total. The van der Waals surface area contributed by atoms with E-state index in [0.29, 0.717) is 5.92 Å². The Kier molecular flexibility index (Phi) is 4.90. The summed E-state index contributed by atoms with van der Waals surface area (Å²) >= 11 is 0. The molecule has 2 nitrogen and oxygen atoms in total. The van der Waals surface area contributed by atoms with Gasteiger partial charge in [0.05, 0.1) is 12.2 Å². The number of aliphatic hydroxyl groups excluding tert-OH is 2. The van der Waals surface area contributed by atoms with Gasteiger partial charge in [-0.1, -0.05) is 46.0 Å². The molecule has 84 valence electrons. The molecule has 14 heavy (non-hydrogen) atoms. The highest BCUT2D eigenvalue weighted by molar-refractivity contribution is 4.80. The van der Waals surface area contributed by atoms with Crippen molar-refractivity contribution in [1.82, 2.24) is 0 Å². The van der Waals surface area contributed by atoms with Gasteiger partial charge in [-0.15, -0.1) is 0 Å². The third-order valence-electron chi connectivity index (χ3n) is 3.73. The van der Waals surface area contributed by atoms with E-state index in [1.54, 1.807) is 0 Å². The predicted molar refractivity (Wildman–Crippen MR) is 58.0 cm³/mol. The highest BCUT2D eigenvalue weighted by atomic mass is 16.3. The second kappa shape index (κ2) is 5.72. The van der Waals surface area contributed by atoms with Crippen LogP contribution in [0.2, 0.25) is 0 Å². The fraction of sp³-hybridized carbons (Fsp3) is 1.00.